The maximum absolute atomic E-state index is 12.4. The molecule has 5 heteroatoms. The molecule has 1 aromatic rings. The van der Waals surface area contributed by atoms with Crippen LogP contribution in [0, 0.1) is 11.8 Å². The standard InChI is InChI=1S/C17H19BrO4/c1-9(19)14-13(21)8-17(3,22)16(10(2)20)15(14)11-4-6-12(18)7-5-11/h4-7,14-16,22H,8H2,1-3H3/t14-,15+,16-,17-/m1/s1. The van der Waals surface area contributed by atoms with E-state index in [1.807, 2.05) is 0 Å². The Hall–Kier alpha value is -1.33. The molecule has 1 fully saturated rings. The quantitative estimate of drug-likeness (QED) is 0.834. The van der Waals surface area contributed by atoms with Crippen molar-refractivity contribution in [2.24, 2.45) is 11.8 Å². The summed E-state index contributed by atoms with van der Waals surface area (Å²) in [5.74, 6) is -3.06. The molecule has 4 atom stereocenters. The van der Waals surface area contributed by atoms with E-state index in [9.17, 15) is 19.5 Å². The van der Waals surface area contributed by atoms with Crippen LogP contribution in [0.1, 0.15) is 38.7 Å². The maximum Gasteiger partial charge on any atom is 0.146 e. The van der Waals surface area contributed by atoms with Gasteiger partial charge >= 0.3 is 0 Å². The van der Waals surface area contributed by atoms with Crippen LogP contribution in [0.3, 0.4) is 0 Å². The number of ketones is 3. The molecule has 2 rings (SSSR count). The lowest BCUT2D eigenvalue weighted by Crippen LogP contribution is -2.53. The summed E-state index contributed by atoms with van der Waals surface area (Å²) in [5.41, 5.74) is -0.719. The normalized spacial score (nSPS) is 31.9. The fraction of sp³-hybridized carbons (Fsp3) is 0.471. The van der Waals surface area contributed by atoms with Crippen molar-refractivity contribution in [2.75, 3.05) is 0 Å². The fourth-order valence-electron chi connectivity index (χ4n) is 3.59. The zero-order chi connectivity index (χ0) is 16.7. The smallest absolute Gasteiger partial charge is 0.146 e. The lowest BCUT2D eigenvalue weighted by atomic mass is 9.60. The summed E-state index contributed by atoms with van der Waals surface area (Å²) in [5, 5.41) is 10.6. The topological polar surface area (TPSA) is 71.4 Å². The second kappa shape index (κ2) is 6.05. The predicted molar refractivity (Wildman–Crippen MR) is 85.5 cm³/mol. The maximum atomic E-state index is 12.4. The highest BCUT2D eigenvalue weighted by atomic mass is 79.9. The lowest BCUT2D eigenvalue weighted by Gasteiger charge is -2.44. The summed E-state index contributed by atoms with van der Waals surface area (Å²) in [6.45, 7) is 4.27. The van der Waals surface area contributed by atoms with Gasteiger partial charge < -0.3 is 5.11 Å². The number of benzene rings is 1. The minimum atomic E-state index is -1.44. The van der Waals surface area contributed by atoms with E-state index >= 15 is 0 Å². The Morgan fingerprint density at radius 1 is 1.18 bits per heavy atom. The number of aliphatic hydroxyl groups is 1. The molecular weight excluding hydrogens is 348 g/mol. The van der Waals surface area contributed by atoms with Crippen molar-refractivity contribution in [1.29, 1.82) is 0 Å². The van der Waals surface area contributed by atoms with Gasteiger partial charge in [0.05, 0.1) is 17.4 Å². The van der Waals surface area contributed by atoms with E-state index in [0.29, 0.717) is 0 Å². The van der Waals surface area contributed by atoms with Crippen molar-refractivity contribution >= 4 is 33.3 Å². The molecule has 22 heavy (non-hydrogen) atoms. The molecule has 0 radical (unpaired) electrons. The first kappa shape index (κ1) is 17.0. The van der Waals surface area contributed by atoms with Gasteiger partial charge in [0.15, 0.2) is 0 Å². The summed E-state index contributed by atoms with van der Waals surface area (Å²) in [6.07, 6.45) is -0.172. The molecule has 0 saturated heterocycles. The minimum absolute atomic E-state index is 0.172. The Morgan fingerprint density at radius 2 is 1.73 bits per heavy atom. The van der Waals surface area contributed by atoms with Crippen molar-refractivity contribution in [3.63, 3.8) is 0 Å². The average Bonchev–Trinajstić information content (AvgIpc) is 2.36. The monoisotopic (exact) mass is 366 g/mol. The van der Waals surface area contributed by atoms with Crippen LogP contribution in [-0.2, 0) is 14.4 Å². The molecule has 0 amide bonds. The molecule has 1 aromatic carbocycles. The van der Waals surface area contributed by atoms with E-state index in [-0.39, 0.29) is 23.8 Å². The molecule has 0 spiro atoms. The van der Waals surface area contributed by atoms with Crippen LogP contribution in [0.4, 0.5) is 0 Å². The molecule has 4 nitrogen and oxygen atoms in total. The van der Waals surface area contributed by atoms with Crippen molar-refractivity contribution in [3.8, 4) is 0 Å². The largest absolute Gasteiger partial charge is 0.389 e. The van der Waals surface area contributed by atoms with Gasteiger partial charge in [-0.15, -0.1) is 0 Å². The van der Waals surface area contributed by atoms with E-state index in [0.717, 1.165) is 10.0 Å². The molecule has 118 valence electrons. The average molecular weight is 367 g/mol. The first-order chi connectivity index (χ1) is 10.1. The van der Waals surface area contributed by atoms with Gasteiger partial charge in [-0.3, -0.25) is 14.4 Å². The number of Topliss-reactive ketones (excluding diaryl/α,β-unsaturated/α-hetero) is 3. The molecule has 1 aliphatic carbocycles. The lowest BCUT2D eigenvalue weighted by molar-refractivity contribution is -0.151. The van der Waals surface area contributed by atoms with Gasteiger partial charge in [0, 0.05) is 16.8 Å². The second-order valence-electron chi connectivity index (χ2n) is 6.25. The number of rotatable bonds is 3. The second-order valence-corrected chi connectivity index (χ2v) is 7.17. The van der Waals surface area contributed by atoms with Crippen LogP contribution >= 0.6 is 15.9 Å². The van der Waals surface area contributed by atoms with Crippen LogP contribution < -0.4 is 0 Å². The Bertz CT molecular complexity index is 618. The van der Waals surface area contributed by atoms with Gasteiger partial charge in [0.1, 0.15) is 17.3 Å². The van der Waals surface area contributed by atoms with Gasteiger partial charge in [-0.25, -0.2) is 0 Å². The summed E-state index contributed by atoms with van der Waals surface area (Å²) in [7, 11) is 0. The third-order valence-corrected chi connectivity index (χ3v) is 4.93. The third-order valence-electron chi connectivity index (χ3n) is 4.40. The van der Waals surface area contributed by atoms with Gasteiger partial charge in [-0.2, -0.15) is 0 Å². The summed E-state index contributed by atoms with van der Waals surface area (Å²) in [4.78, 5) is 36.5. The van der Waals surface area contributed by atoms with E-state index < -0.39 is 23.4 Å². The first-order valence-electron chi connectivity index (χ1n) is 7.16. The summed E-state index contributed by atoms with van der Waals surface area (Å²) in [6, 6.07) is 7.18. The van der Waals surface area contributed by atoms with Gasteiger partial charge in [-0.1, -0.05) is 28.1 Å². The summed E-state index contributed by atoms with van der Waals surface area (Å²) >= 11 is 3.34. The van der Waals surface area contributed by atoms with E-state index in [4.69, 9.17) is 0 Å². The van der Waals surface area contributed by atoms with Crippen molar-refractivity contribution in [2.45, 2.75) is 38.7 Å². The van der Waals surface area contributed by atoms with E-state index in [1.165, 1.54) is 20.8 Å². The zero-order valence-electron chi connectivity index (χ0n) is 12.8. The molecule has 1 aliphatic rings. The van der Waals surface area contributed by atoms with Crippen molar-refractivity contribution in [3.05, 3.63) is 34.3 Å². The van der Waals surface area contributed by atoms with Gasteiger partial charge in [-0.05, 0) is 38.5 Å². The number of halogens is 1. The SMILES string of the molecule is CC(=O)[C@@H]1C(=O)C[C@@](C)(O)[C@H](C(C)=O)[C@H]1c1ccc(Br)cc1. The van der Waals surface area contributed by atoms with Crippen molar-refractivity contribution < 1.29 is 19.5 Å². The highest BCUT2D eigenvalue weighted by Crippen LogP contribution is 2.46. The van der Waals surface area contributed by atoms with Crippen LogP contribution in [0.15, 0.2) is 28.7 Å². The highest BCUT2D eigenvalue weighted by molar-refractivity contribution is 9.10. The minimum Gasteiger partial charge on any atom is -0.389 e. The van der Waals surface area contributed by atoms with Crippen molar-refractivity contribution in [1.82, 2.24) is 0 Å². The van der Waals surface area contributed by atoms with Crippen LogP contribution in [0.25, 0.3) is 0 Å². The van der Waals surface area contributed by atoms with Crippen LogP contribution in [-0.4, -0.2) is 28.1 Å². The Labute approximate surface area is 138 Å². The molecular formula is C17H19BrO4. The van der Waals surface area contributed by atoms with E-state index in [1.54, 1.807) is 24.3 Å². The number of hydrogen-bond acceptors (Lipinski definition) is 4. The number of carbonyl (C=O) groups is 3. The molecule has 1 saturated carbocycles. The highest BCUT2D eigenvalue weighted by Gasteiger charge is 2.53. The molecule has 0 aromatic heterocycles. The summed E-state index contributed by atoms with van der Waals surface area (Å²) < 4.78 is 0.865. The van der Waals surface area contributed by atoms with Crippen LogP contribution in [0.5, 0.6) is 0 Å². The third kappa shape index (κ3) is 3.06. The predicted octanol–water partition coefficient (Wildman–Crippen LogP) is 2.67. The van der Waals surface area contributed by atoms with Gasteiger partial charge in [0.2, 0.25) is 0 Å². The molecule has 0 aliphatic heterocycles. The van der Waals surface area contributed by atoms with Crippen LogP contribution in [0.2, 0.25) is 0 Å². The molecule has 1 N–H and O–H groups in total. The fourth-order valence-corrected chi connectivity index (χ4v) is 3.86. The first-order valence-corrected chi connectivity index (χ1v) is 7.96. The Morgan fingerprint density at radius 3 is 2.18 bits per heavy atom. The zero-order valence-corrected chi connectivity index (χ0v) is 14.4. The number of carbonyl (C=O) groups excluding carboxylic acids is 3. The van der Waals surface area contributed by atoms with E-state index in [2.05, 4.69) is 15.9 Å². The Balaban J connectivity index is 2.61. The molecule has 0 unspecified atom stereocenters. The number of hydrogen-bond donors (Lipinski definition) is 1. The Kier molecular flexibility index (Phi) is 4.68. The van der Waals surface area contributed by atoms with Gasteiger partial charge in [0.25, 0.3) is 0 Å². The molecule has 0 bridgehead atoms. The molecule has 0 heterocycles.